The van der Waals surface area contributed by atoms with E-state index < -0.39 is 0 Å². The van der Waals surface area contributed by atoms with E-state index in [1.807, 2.05) is 23.5 Å². The van der Waals surface area contributed by atoms with Crippen LogP contribution in [0.1, 0.15) is 37.8 Å². The number of nitriles is 1. The van der Waals surface area contributed by atoms with Crippen LogP contribution in [0.2, 0.25) is 0 Å². The van der Waals surface area contributed by atoms with Gasteiger partial charge in [0, 0.05) is 48.9 Å². The van der Waals surface area contributed by atoms with Gasteiger partial charge >= 0.3 is 0 Å². The van der Waals surface area contributed by atoms with Crippen molar-refractivity contribution in [1.29, 1.82) is 5.26 Å². The first-order valence-electron chi connectivity index (χ1n) is 10.1. The lowest BCUT2D eigenvalue weighted by Crippen LogP contribution is -2.47. The second kappa shape index (κ2) is 7.33. The van der Waals surface area contributed by atoms with Crippen LogP contribution in [0.5, 0.6) is 0 Å². The Bertz CT molecular complexity index is 1030. The van der Waals surface area contributed by atoms with Crippen molar-refractivity contribution >= 4 is 23.2 Å². The van der Waals surface area contributed by atoms with Crippen molar-refractivity contribution < 1.29 is 0 Å². The molecule has 0 saturated carbocycles. The lowest BCUT2D eigenvalue weighted by Gasteiger charge is -2.39. The number of aromatic nitrogens is 6. The lowest BCUT2D eigenvalue weighted by atomic mass is 9.97. The van der Waals surface area contributed by atoms with E-state index in [0.717, 1.165) is 36.7 Å². The highest BCUT2D eigenvalue weighted by Crippen LogP contribution is 2.36. The van der Waals surface area contributed by atoms with Crippen molar-refractivity contribution in [3.8, 4) is 6.07 Å². The van der Waals surface area contributed by atoms with Crippen LogP contribution in [-0.4, -0.2) is 59.3 Å². The summed E-state index contributed by atoms with van der Waals surface area (Å²) in [6.07, 6.45) is 6.83. The van der Waals surface area contributed by atoms with E-state index in [0.29, 0.717) is 36.2 Å². The quantitative estimate of drug-likeness (QED) is 0.583. The maximum Gasteiger partial charge on any atom is 0.212 e. The Morgan fingerprint density at radius 3 is 2.79 bits per heavy atom. The van der Waals surface area contributed by atoms with Crippen LogP contribution in [0.4, 0.5) is 17.6 Å². The van der Waals surface area contributed by atoms with E-state index >= 15 is 0 Å². The smallest absolute Gasteiger partial charge is 0.212 e. The molecule has 0 radical (unpaired) electrons. The number of hydrogen-bond acceptors (Lipinski definition) is 8. The highest BCUT2D eigenvalue weighted by molar-refractivity contribution is 5.60. The Balaban J connectivity index is 1.35. The molecule has 10 heteroatoms. The number of anilines is 3. The normalized spacial score (nSPS) is 23.9. The highest BCUT2D eigenvalue weighted by Gasteiger charge is 2.40. The second-order valence-electron chi connectivity index (χ2n) is 7.93. The zero-order valence-electron chi connectivity index (χ0n) is 16.3. The van der Waals surface area contributed by atoms with Crippen LogP contribution in [0.25, 0.3) is 5.65 Å². The minimum absolute atomic E-state index is 0.340. The van der Waals surface area contributed by atoms with Crippen LogP contribution in [-0.2, 0) is 0 Å². The summed E-state index contributed by atoms with van der Waals surface area (Å²) in [6.45, 7) is 2.84. The van der Waals surface area contributed by atoms with E-state index in [1.54, 1.807) is 6.33 Å². The average molecular weight is 392 g/mol. The number of aromatic amines is 1. The fourth-order valence-corrected chi connectivity index (χ4v) is 4.73. The molecule has 3 aromatic heterocycles. The summed E-state index contributed by atoms with van der Waals surface area (Å²) >= 11 is 0. The van der Waals surface area contributed by atoms with E-state index in [-0.39, 0.29) is 0 Å². The van der Waals surface area contributed by atoms with Crippen LogP contribution in [0.3, 0.4) is 0 Å². The van der Waals surface area contributed by atoms with E-state index in [4.69, 9.17) is 10.2 Å². The third-order valence-electron chi connectivity index (χ3n) is 5.96. The third-order valence-corrected chi connectivity index (χ3v) is 5.96. The predicted octanol–water partition coefficient (Wildman–Crippen LogP) is 2.22. The van der Waals surface area contributed by atoms with E-state index in [1.165, 1.54) is 12.8 Å². The molecule has 0 aliphatic carbocycles. The maximum atomic E-state index is 8.93. The molecule has 0 aromatic carbocycles. The summed E-state index contributed by atoms with van der Waals surface area (Å²) in [5, 5.41) is 31.2. The molecule has 5 rings (SSSR count). The van der Waals surface area contributed by atoms with Crippen molar-refractivity contribution in [1.82, 2.24) is 34.7 Å². The molecule has 3 N–H and O–H groups in total. The van der Waals surface area contributed by atoms with Gasteiger partial charge < -0.3 is 10.6 Å². The summed E-state index contributed by atoms with van der Waals surface area (Å²) < 4.78 is 1.88. The molecule has 3 aromatic rings. The van der Waals surface area contributed by atoms with Gasteiger partial charge in [0.25, 0.3) is 0 Å². The summed E-state index contributed by atoms with van der Waals surface area (Å²) in [6, 6.07) is 7.50. The Hall–Kier alpha value is -3.19. The van der Waals surface area contributed by atoms with Gasteiger partial charge in [-0.3, -0.25) is 14.4 Å². The molecule has 2 fully saturated rings. The molecule has 0 unspecified atom stereocenters. The van der Waals surface area contributed by atoms with Gasteiger partial charge in [0.1, 0.15) is 12.1 Å². The standard InChI is InChI=1S/C19H24N10/c1-12-7-17(26-25-12)23-16-10-18-27-21-11-29(18)19(24-16)22-13-8-14-3-4-15(9-13)28(14)6-2-5-20/h7,10-11,13-15H,2-4,6,8-9H2,1H3,(H,22,24)(H2,23,25,26)/t13-,14-,15+. The zero-order chi connectivity index (χ0) is 19.8. The van der Waals surface area contributed by atoms with Crippen molar-refractivity contribution in [2.75, 3.05) is 17.2 Å². The van der Waals surface area contributed by atoms with Crippen molar-refractivity contribution in [2.45, 2.75) is 57.2 Å². The topological polar surface area (TPSA) is 123 Å². The van der Waals surface area contributed by atoms with Crippen molar-refractivity contribution in [2.24, 2.45) is 0 Å². The minimum atomic E-state index is 0.340. The van der Waals surface area contributed by atoms with Gasteiger partial charge in [-0.1, -0.05) is 0 Å². The SMILES string of the molecule is Cc1cc(Nc2cc3nncn3c(N[C@@H]3C[C@H]4CC[C@@H](C3)N4CCC#N)n2)n[nH]1. The largest absolute Gasteiger partial charge is 0.352 e. The summed E-state index contributed by atoms with van der Waals surface area (Å²) in [4.78, 5) is 7.29. The molecule has 2 saturated heterocycles. The molecule has 29 heavy (non-hydrogen) atoms. The minimum Gasteiger partial charge on any atom is -0.352 e. The van der Waals surface area contributed by atoms with Gasteiger partial charge in [-0.05, 0) is 32.6 Å². The average Bonchev–Trinajstić information content (AvgIpc) is 3.39. The van der Waals surface area contributed by atoms with Gasteiger partial charge in [-0.25, -0.2) is 0 Å². The monoisotopic (exact) mass is 392 g/mol. The van der Waals surface area contributed by atoms with Gasteiger partial charge in [0.2, 0.25) is 5.95 Å². The molecule has 2 aliphatic rings. The summed E-state index contributed by atoms with van der Waals surface area (Å²) in [5.74, 6) is 2.12. The number of fused-ring (bicyclic) bond motifs is 3. The van der Waals surface area contributed by atoms with Crippen molar-refractivity contribution in [3.63, 3.8) is 0 Å². The maximum absolute atomic E-state index is 8.93. The summed E-state index contributed by atoms with van der Waals surface area (Å²) in [7, 11) is 0. The number of aryl methyl sites for hydroxylation is 1. The molecule has 5 heterocycles. The number of rotatable bonds is 6. The van der Waals surface area contributed by atoms with Crippen LogP contribution in [0.15, 0.2) is 18.5 Å². The molecule has 150 valence electrons. The second-order valence-corrected chi connectivity index (χ2v) is 7.93. The Morgan fingerprint density at radius 1 is 1.24 bits per heavy atom. The van der Waals surface area contributed by atoms with Gasteiger partial charge in [0.15, 0.2) is 11.5 Å². The van der Waals surface area contributed by atoms with E-state index in [9.17, 15) is 0 Å². The van der Waals surface area contributed by atoms with Crippen LogP contribution >= 0.6 is 0 Å². The van der Waals surface area contributed by atoms with Crippen LogP contribution < -0.4 is 10.6 Å². The fourth-order valence-electron chi connectivity index (χ4n) is 4.73. The predicted molar refractivity (Wildman–Crippen MR) is 108 cm³/mol. The Labute approximate surface area is 168 Å². The molecule has 0 amide bonds. The first-order valence-corrected chi connectivity index (χ1v) is 10.1. The number of piperidine rings is 1. The van der Waals surface area contributed by atoms with E-state index in [2.05, 4.69) is 42.0 Å². The number of nitrogens with one attached hydrogen (secondary N) is 3. The van der Waals surface area contributed by atoms with Crippen LogP contribution in [0, 0.1) is 18.3 Å². The molecular weight excluding hydrogens is 368 g/mol. The zero-order valence-corrected chi connectivity index (χ0v) is 16.3. The Morgan fingerprint density at radius 2 is 2.07 bits per heavy atom. The highest BCUT2D eigenvalue weighted by atomic mass is 15.3. The van der Waals surface area contributed by atoms with Crippen molar-refractivity contribution in [3.05, 3.63) is 24.2 Å². The molecule has 0 spiro atoms. The first-order chi connectivity index (χ1) is 14.2. The summed E-state index contributed by atoms with van der Waals surface area (Å²) in [5.41, 5.74) is 1.71. The van der Waals surface area contributed by atoms with Gasteiger partial charge in [-0.15, -0.1) is 10.2 Å². The fraction of sp³-hybridized carbons (Fsp3) is 0.526. The van der Waals surface area contributed by atoms with Gasteiger partial charge in [-0.2, -0.15) is 15.3 Å². The molecule has 10 nitrogen and oxygen atoms in total. The molecule has 3 atom stereocenters. The number of nitrogens with zero attached hydrogens (tertiary/aromatic N) is 7. The molecular formula is C19H24N10. The number of hydrogen-bond donors (Lipinski definition) is 3. The number of H-pyrrole nitrogens is 1. The first kappa shape index (κ1) is 17.9. The third kappa shape index (κ3) is 3.49. The Kier molecular flexibility index (Phi) is 4.52. The molecule has 2 bridgehead atoms. The molecule has 2 aliphatic heterocycles. The van der Waals surface area contributed by atoms with Gasteiger partial charge in [0.05, 0.1) is 6.07 Å². The lowest BCUT2D eigenvalue weighted by molar-refractivity contribution is 0.135.